The summed E-state index contributed by atoms with van der Waals surface area (Å²) in [6.07, 6.45) is 1.55. The number of benzene rings is 1. The Bertz CT molecular complexity index is 314. The summed E-state index contributed by atoms with van der Waals surface area (Å²) in [6, 6.07) is 5.98. The minimum Gasteiger partial charge on any atom is -0.388 e. The molecule has 0 aromatic heterocycles. The predicted molar refractivity (Wildman–Crippen MR) is 56.8 cm³/mol. The van der Waals surface area contributed by atoms with Gasteiger partial charge in [-0.25, -0.2) is 0 Å². The summed E-state index contributed by atoms with van der Waals surface area (Å²) in [6.45, 7) is 0.950. The fourth-order valence-corrected chi connectivity index (χ4v) is 2.02. The Balaban J connectivity index is 2.43. The maximum absolute atomic E-state index is 9.80. The first kappa shape index (κ1) is 9.03. The fourth-order valence-electron chi connectivity index (χ4n) is 1.64. The predicted octanol–water partition coefficient (Wildman–Crippen LogP) is 2.69. The Morgan fingerprint density at radius 2 is 2.31 bits per heavy atom. The van der Waals surface area contributed by atoms with Gasteiger partial charge in [-0.2, -0.15) is 0 Å². The van der Waals surface area contributed by atoms with Crippen molar-refractivity contribution in [1.29, 1.82) is 0 Å². The summed E-state index contributed by atoms with van der Waals surface area (Å²) in [4.78, 5) is 0. The normalized spacial score (nSPS) is 21.5. The molecule has 0 fully saturated rings. The maximum Gasteiger partial charge on any atom is 0.0811 e. The summed E-state index contributed by atoms with van der Waals surface area (Å²) in [5, 5.41) is 13.1. The van der Waals surface area contributed by atoms with Gasteiger partial charge in [0.2, 0.25) is 0 Å². The second-order valence-electron chi connectivity index (χ2n) is 3.32. The standard InChI is InChI=1S/C10H12BrNO/c11-7-3-4-9-8(6-7)10(13)2-1-5-12-9/h3-4,6,10,12-13H,1-2,5H2. The second kappa shape index (κ2) is 3.68. The average Bonchev–Trinajstić information content (AvgIpc) is 2.29. The van der Waals surface area contributed by atoms with Gasteiger partial charge in [0.05, 0.1) is 6.10 Å². The first-order valence-electron chi connectivity index (χ1n) is 4.49. The molecule has 13 heavy (non-hydrogen) atoms. The molecule has 1 aromatic rings. The smallest absolute Gasteiger partial charge is 0.0811 e. The summed E-state index contributed by atoms with van der Waals surface area (Å²) in [5.41, 5.74) is 2.07. The van der Waals surface area contributed by atoms with Gasteiger partial charge in [-0.15, -0.1) is 0 Å². The summed E-state index contributed by atoms with van der Waals surface area (Å²) in [5.74, 6) is 0. The minimum atomic E-state index is -0.317. The van der Waals surface area contributed by atoms with Crippen molar-refractivity contribution in [1.82, 2.24) is 0 Å². The van der Waals surface area contributed by atoms with Gasteiger partial charge in [0.25, 0.3) is 0 Å². The van der Waals surface area contributed by atoms with Gasteiger partial charge in [-0.3, -0.25) is 0 Å². The van der Waals surface area contributed by atoms with E-state index in [4.69, 9.17) is 0 Å². The highest BCUT2D eigenvalue weighted by atomic mass is 79.9. The molecule has 1 heterocycles. The number of aliphatic hydroxyl groups excluding tert-OH is 1. The molecule has 0 amide bonds. The molecular formula is C10H12BrNO. The van der Waals surface area contributed by atoms with Crippen molar-refractivity contribution < 1.29 is 5.11 Å². The number of fused-ring (bicyclic) bond motifs is 1. The van der Waals surface area contributed by atoms with E-state index in [1.165, 1.54) is 0 Å². The van der Waals surface area contributed by atoms with Crippen LogP contribution in [0.1, 0.15) is 24.5 Å². The van der Waals surface area contributed by atoms with E-state index in [-0.39, 0.29) is 6.10 Å². The van der Waals surface area contributed by atoms with E-state index in [9.17, 15) is 5.11 Å². The molecule has 0 radical (unpaired) electrons. The highest BCUT2D eigenvalue weighted by Crippen LogP contribution is 2.31. The van der Waals surface area contributed by atoms with Gasteiger partial charge >= 0.3 is 0 Å². The molecule has 1 atom stereocenters. The fraction of sp³-hybridized carbons (Fsp3) is 0.400. The van der Waals surface area contributed by atoms with Gasteiger partial charge in [0.15, 0.2) is 0 Å². The van der Waals surface area contributed by atoms with Crippen LogP contribution in [0.5, 0.6) is 0 Å². The van der Waals surface area contributed by atoms with Crippen LogP contribution in [0.3, 0.4) is 0 Å². The second-order valence-corrected chi connectivity index (χ2v) is 4.23. The Morgan fingerprint density at radius 1 is 1.46 bits per heavy atom. The van der Waals surface area contributed by atoms with Crippen molar-refractivity contribution >= 4 is 21.6 Å². The van der Waals surface area contributed by atoms with E-state index in [2.05, 4.69) is 21.2 Å². The first-order valence-corrected chi connectivity index (χ1v) is 5.28. The van der Waals surface area contributed by atoms with E-state index in [0.29, 0.717) is 0 Å². The highest BCUT2D eigenvalue weighted by Gasteiger charge is 2.15. The molecule has 0 bridgehead atoms. The minimum absolute atomic E-state index is 0.317. The van der Waals surface area contributed by atoms with Crippen LogP contribution in [-0.4, -0.2) is 11.7 Å². The molecule has 1 unspecified atom stereocenters. The first-order chi connectivity index (χ1) is 6.27. The molecule has 0 saturated carbocycles. The van der Waals surface area contributed by atoms with Crippen molar-refractivity contribution in [2.75, 3.05) is 11.9 Å². The summed E-state index contributed by atoms with van der Waals surface area (Å²) in [7, 11) is 0. The van der Waals surface area contributed by atoms with Crippen molar-refractivity contribution in [2.24, 2.45) is 0 Å². The van der Waals surface area contributed by atoms with Crippen LogP contribution in [0.25, 0.3) is 0 Å². The third kappa shape index (κ3) is 1.86. The zero-order valence-corrected chi connectivity index (χ0v) is 8.84. The maximum atomic E-state index is 9.80. The summed E-state index contributed by atoms with van der Waals surface area (Å²) >= 11 is 3.40. The third-order valence-corrected chi connectivity index (χ3v) is 2.84. The van der Waals surface area contributed by atoms with E-state index in [1.807, 2.05) is 18.2 Å². The molecule has 2 nitrogen and oxygen atoms in total. The van der Waals surface area contributed by atoms with Crippen molar-refractivity contribution in [3.63, 3.8) is 0 Å². The lowest BCUT2D eigenvalue weighted by Gasteiger charge is -2.11. The molecule has 0 saturated heterocycles. The van der Waals surface area contributed by atoms with Crippen LogP contribution < -0.4 is 5.32 Å². The Morgan fingerprint density at radius 3 is 3.15 bits per heavy atom. The SMILES string of the molecule is OC1CCCNc2ccc(Br)cc21. The third-order valence-electron chi connectivity index (χ3n) is 2.34. The molecular weight excluding hydrogens is 230 g/mol. The van der Waals surface area contributed by atoms with Gasteiger partial charge in [0, 0.05) is 22.3 Å². The van der Waals surface area contributed by atoms with E-state index in [0.717, 1.165) is 35.1 Å². The van der Waals surface area contributed by atoms with Crippen molar-refractivity contribution in [3.8, 4) is 0 Å². The number of halogens is 1. The molecule has 0 aliphatic carbocycles. The lowest BCUT2D eigenvalue weighted by atomic mass is 10.1. The van der Waals surface area contributed by atoms with Crippen molar-refractivity contribution in [3.05, 3.63) is 28.2 Å². The topological polar surface area (TPSA) is 32.3 Å². The molecule has 70 valence electrons. The van der Waals surface area contributed by atoms with Crippen LogP contribution in [0.4, 0.5) is 5.69 Å². The number of hydrogen-bond acceptors (Lipinski definition) is 2. The lowest BCUT2D eigenvalue weighted by Crippen LogP contribution is -1.99. The Labute approximate surface area is 86.1 Å². The lowest BCUT2D eigenvalue weighted by molar-refractivity contribution is 0.168. The zero-order valence-electron chi connectivity index (χ0n) is 7.26. The van der Waals surface area contributed by atoms with Gasteiger partial charge in [-0.05, 0) is 31.0 Å². The van der Waals surface area contributed by atoms with Crippen LogP contribution in [-0.2, 0) is 0 Å². The molecule has 1 aliphatic heterocycles. The molecule has 0 spiro atoms. The Hall–Kier alpha value is -0.540. The highest BCUT2D eigenvalue weighted by molar-refractivity contribution is 9.10. The molecule has 2 rings (SSSR count). The zero-order chi connectivity index (χ0) is 9.26. The van der Waals surface area contributed by atoms with E-state index in [1.54, 1.807) is 0 Å². The van der Waals surface area contributed by atoms with Crippen LogP contribution in [0.15, 0.2) is 22.7 Å². The molecule has 2 N–H and O–H groups in total. The van der Waals surface area contributed by atoms with Crippen molar-refractivity contribution in [2.45, 2.75) is 18.9 Å². The number of hydrogen-bond donors (Lipinski definition) is 2. The van der Waals surface area contributed by atoms with Gasteiger partial charge in [-0.1, -0.05) is 15.9 Å². The number of nitrogens with one attached hydrogen (secondary N) is 1. The monoisotopic (exact) mass is 241 g/mol. The quantitative estimate of drug-likeness (QED) is 0.733. The number of aliphatic hydroxyl groups is 1. The average molecular weight is 242 g/mol. The molecule has 1 aromatic carbocycles. The van der Waals surface area contributed by atoms with Gasteiger partial charge in [0.1, 0.15) is 0 Å². The Kier molecular flexibility index (Phi) is 2.56. The number of anilines is 1. The number of rotatable bonds is 0. The largest absolute Gasteiger partial charge is 0.388 e. The van der Waals surface area contributed by atoms with E-state index < -0.39 is 0 Å². The van der Waals surface area contributed by atoms with Crippen LogP contribution in [0.2, 0.25) is 0 Å². The van der Waals surface area contributed by atoms with E-state index >= 15 is 0 Å². The summed E-state index contributed by atoms with van der Waals surface area (Å²) < 4.78 is 1.02. The van der Waals surface area contributed by atoms with Gasteiger partial charge < -0.3 is 10.4 Å². The van der Waals surface area contributed by atoms with Crippen LogP contribution >= 0.6 is 15.9 Å². The van der Waals surface area contributed by atoms with Crippen LogP contribution in [0, 0.1) is 0 Å². The molecule has 3 heteroatoms. The molecule has 1 aliphatic rings.